The van der Waals surface area contributed by atoms with Crippen LogP contribution < -0.4 is 0 Å². The Labute approximate surface area is 110 Å². The predicted octanol–water partition coefficient (Wildman–Crippen LogP) is 3.84. The van der Waals surface area contributed by atoms with Gasteiger partial charge in [0.15, 0.2) is 0 Å². The molecule has 1 heterocycles. The fraction of sp³-hybridized carbons (Fsp3) is 0.0625. The third-order valence-electron chi connectivity index (χ3n) is 3.14. The molecule has 1 aromatic heterocycles. The largest absolute Gasteiger partial charge is 0.317 e. The van der Waals surface area contributed by atoms with Crippen LogP contribution in [0.1, 0.15) is 5.56 Å². The summed E-state index contributed by atoms with van der Waals surface area (Å²) < 4.78 is 14.9. The van der Waals surface area contributed by atoms with Crippen LogP contribution in [0.25, 0.3) is 16.6 Å². The van der Waals surface area contributed by atoms with Gasteiger partial charge >= 0.3 is 0 Å². The quantitative estimate of drug-likeness (QED) is 0.679. The molecule has 2 aromatic carbocycles. The second-order valence-electron chi connectivity index (χ2n) is 4.39. The number of nitrogens with zero attached hydrogens (tertiary/aromatic N) is 2. The van der Waals surface area contributed by atoms with Gasteiger partial charge in [-0.25, -0.2) is 4.39 Å². The lowest BCUT2D eigenvalue weighted by Crippen LogP contribution is -1.92. The van der Waals surface area contributed by atoms with Crippen molar-refractivity contribution in [2.75, 3.05) is 0 Å². The number of fused-ring (bicyclic) bond motifs is 1. The summed E-state index contributed by atoms with van der Waals surface area (Å²) in [6.45, 7) is 0. The van der Waals surface area contributed by atoms with E-state index < -0.39 is 0 Å². The molecule has 0 saturated heterocycles. The number of hydrogen-bond acceptors (Lipinski definition) is 1. The van der Waals surface area contributed by atoms with Crippen molar-refractivity contribution in [3.05, 3.63) is 66.1 Å². The van der Waals surface area contributed by atoms with E-state index in [9.17, 15) is 4.39 Å². The molecule has 3 heteroatoms. The molecule has 0 N–H and O–H groups in total. The maximum absolute atomic E-state index is 12.9. The average molecular weight is 250 g/mol. The van der Waals surface area contributed by atoms with Gasteiger partial charge in [-0.05, 0) is 48.0 Å². The first-order valence-electron chi connectivity index (χ1n) is 6.01. The summed E-state index contributed by atoms with van der Waals surface area (Å²) in [6, 6.07) is 16.5. The van der Waals surface area contributed by atoms with E-state index in [1.54, 1.807) is 12.1 Å². The lowest BCUT2D eigenvalue weighted by molar-refractivity contribution is 0.627. The summed E-state index contributed by atoms with van der Waals surface area (Å²) in [4.78, 5) is 0. The SMILES string of the molecule is N#CCc1ccc2c(ccn2-c2ccc(F)cc2)c1. The van der Waals surface area contributed by atoms with E-state index >= 15 is 0 Å². The summed E-state index contributed by atoms with van der Waals surface area (Å²) >= 11 is 0. The highest BCUT2D eigenvalue weighted by molar-refractivity contribution is 5.82. The Morgan fingerprint density at radius 3 is 2.58 bits per heavy atom. The van der Waals surface area contributed by atoms with Gasteiger partial charge in [0.05, 0.1) is 18.0 Å². The maximum atomic E-state index is 12.9. The molecular formula is C16H11FN2. The summed E-state index contributed by atoms with van der Waals surface area (Å²) in [6.07, 6.45) is 2.37. The summed E-state index contributed by atoms with van der Waals surface area (Å²) in [5, 5.41) is 9.79. The highest BCUT2D eigenvalue weighted by Gasteiger charge is 2.04. The van der Waals surface area contributed by atoms with Crippen LogP contribution in [0.2, 0.25) is 0 Å². The van der Waals surface area contributed by atoms with Crippen molar-refractivity contribution in [2.45, 2.75) is 6.42 Å². The molecular weight excluding hydrogens is 239 g/mol. The van der Waals surface area contributed by atoms with Crippen molar-refractivity contribution in [2.24, 2.45) is 0 Å². The lowest BCUT2D eigenvalue weighted by atomic mass is 10.1. The van der Waals surface area contributed by atoms with E-state index in [1.807, 2.05) is 35.0 Å². The van der Waals surface area contributed by atoms with Crippen LogP contribution in [0.5, 0.6) is 0 Å². The standard InChI is InChI=1S/C16H11FN2/c17-14-2-4-15(5-3-14)19-10-8-13-11-12(7-9-18)1-6-16(13)19/h1-6,8,10-11H,7H2. The number of halogens is 1. The molecule has 0 aliphatic heterocycles. The predicted molar refractivity (Wildman–Crippen MR) is 72.6 cm³/mol. The molecule has 0 amide bonds. The minimum Gasteiger partial charge on any atom is -0.317 e. The summed E-state index contributed by atoms with van der Waals surface area (Å²) in [7, 11) is 0. The maximum Gasteiger partial charge on any atom is 0.123 e. The fourth-order valence-corrected chi connectivity index (χ4v) is 2.22. The number of aromatic nitrogens is 1. The van der Waals surface area contributed by atoms with Crippen LogP contribution in [0.3, 0.4) is 0 Å². The van der Waals surface area contributed by atoms with Crippen LogP contribution in [-0.2, 0) is 6.42 Å². The van der Waals surface area contributed by atoms with Gasteiger partial charge in [-0.15, -0.1) is 0 Å². The Hall–Kier alpha value is -2.60. The Bertz CT molecular complexity index is 764. The molecule has 0 unspecified atom stereocenters. The first-order valence-corrected chi connectivity index (χ1v) is 6.01. The van der Waals surface area contributed by atoms with Gasteiger partial charge in [0.1, 0.15) is 5.82 Å². The topological polar surface area (TPSA) is 28.7 Å². The highest BCUT2D eigenvalue weighted by Crippen LogP contribution is 2.22. The van der Waals surface area contributed by atoms with E-state index in [0.29, 0.717) is 6.42 Å². The van der Waals surface area contributed by atoms with Gasteiger partial charge in [-0.3, -0.25) is 0 Å². The Kier molecular flexibility index (Phi) is 2.77. The van der Waals surface area contributed by atoms with E-state index in [1.165, 1.54) is 12.1 Å². The number of nitriles is 1. The normalized spacial score (nSPS) is 10.5. The van der Waals surface area contributed by atoms with Crippen molar-refractivity contribution in [3.63, 3.8) is 0 Å². The van der Waals surface area contributed by atoms with Crippen LogP contribution in [0.15, 0.2) is 54.7 Å². The average Bonchev–Trinajstić information content (AvgIpc) is 2.83. The molecule has 0 atom stereocenters. The second-order valence-corrected chi connectivity index (χ2v) is 4.39. The smallest absolute Gasteiger partial charge is 0.123 e. The zero-order valence-corrected chi connectivity index (χ0v) is 10.2. The van der Waals surface area contributed by atoms with Gasteiger partial charge in [0, 0.05) is 17.3 Å². The first-order chi connectivity index (χ1) is 9.28. The molecule has 0 fully saturated rings. The van der Waals surface area contributed by atoms with Crippen molar-refractivity contribution in [1.29, 1.82) is 5.26 Å². The molecule has 3 aromatic rings. The van der Waals surface area contributed by atoms with E-state index in [0.717, 1.165) is 22.2 Å². The summed E-state index contributed by atoms with van der Waals surface area (Å²) in [5.41, 5.74) is 2.98. The fourth-order valence-electron chi connectivity index (χ4n) is 2.22. The molecule has 0 saturated carbocycles. The second kappa shape index (κ2) is 4.58. The van der Waals surface area contributed by atoms with Crippen LogP contribution in [-0.4, -0.2) is 4.57 Å². The first kappa shape index (κ1) is 11.5. The minimum absolute atomic E-state index is 0.239. The highest BCUT2D eigenvalue weighted by atomic mass is 19.1. The van der Waals surface area contributed by atoms with Crippen molar-refractivity contribution in [1.82, 2.24) is 4.57 Å². The minimum atomic E-state index is -0.239. The van der Waals surface area contributed by atoms with Gasteiger partial charge < -0.3 is 4.57 Å². The third-order valence-corrected chi connectivity index (χ3v) is 3.14. The Balaban J connectivity index is 2.11. The van der Waals surface area contributed by atoms with Gasteiger partial charge in [-0.2, -0.15) is 5.26 Å². The molecule has 2 nitrogen and oxygen atoms in total. The Morgan fingerprint density at radius 1 is 1.05 bits per heavy atom. The van der Waals surface area contributed by atoms with Gasteiger partial charge in [0.2, 0.25) is 0 Å². The van der Waals surface area contributed by atoms with Crippen molar-refractivity contribution >= 4 is 10.9 Å². The molecule has 0 aliphatic rings. The third kappa shape index (κ3) is 2.09. The Morgan fingerprint density at radius 2 is 1.84 bits per heavy atom. The van der Waals surface area contributed by atoms with Crippen molar-refractivity contribution < 1.29 is 4.39 Å². The number of hydrogen-bond donors (Lipinski definition) is 0. The van der Waals surface area contributed by atoms with Crippen LogP contribution in [0.4, 0.5) is 4.39 Å². The number of benzene rings is 2. The molecule has 0 spiro atoms. The molecule has 0 radical (unpaired) electrons. The van der Waals surface area contributed by atoms with E-state index in [4.69, 9.17) is 5.26 Å². The molecule has 3 rings (SSSR count). The van der Waals surface area contributed by atoms with Gasteiger partial charge in [0.25, 0.3) is 0 Å². The van der Waals surface area contributed by atoms with Crippen LogP contribution >= 0.6 is 0 Å². The molecule has 19 heavy (non-hydrogen) atoms. The number of rotatable bonds is 2. The van der Waals surface area contributed by atoms with Gasteiger partial charge in [-0.1, -0.05) is 6.07 Å². The molecule has 92 valence electrons. The van der Waals surface area contributed by atoms with E-state index in [2.05, 4.69) is 6.07 Å². The van der Waals surface area contributed by atoms with Crippen molar-refractivity contribution in [3.8, 4) is 11.8 Å². The molecule has 0 aliphatic carbocycles. The van der Waals surface area contributed by atoms with Crippen LogP contribution in [0, 0.1) is 17.1 Å². The summed E-state index contributed by atoms with van der Waals surface area (Å²) in [5.74, 6) is -0.239. The lowest BCUT2D eigenvalue weighted by Gasteiger charge is -2.05. The molecule has 0 bridgehead atoms. The van der Waals surface area contributed by atoms with E-state index in [-0.39, 0.29) is 5.82 Å². The monoisotopic (exact) mass is 250 g/mol. The zero-order valence-electron chi connectivity index (χ0n) is 10.2. The zero-order chi connectivity index (χ0) is 13.2.